The second-order valence-electron chi connectivity index (χ2n) is 5.48. The van der Waals surface area contributed by atoms with Crippen LogP contribution in [-0.2, 0) is 0 Å². The fraction of sp³-hybridized carbons (Fsp3) is 0.562. The van der Waals surface area contributed by atoms with Gasteiger partial charge in [0.1, 0.15) is 5.82 Å². The van der Waals surface area contributed by atoms with Gasteiger partial charge in [0, 0.05) is 30.9 Å². The van der Waals surface area contributed by atoms with Crippen molar-refractivity contribution in [2.45, 2.75) is 46.1 Å². The molecule has 0 spiro atoms. The molecule has 21 heavy (non-hydrogen) atoms. The lowest BCUT2D eigenvalue weighted by atomic mass is 10.1. The van der Waals surface area contributed by atoms with Crippen LogP contribution in [0, 0.1) is 11.3 Å². The Hall–Kier alpha value is -2.09. The van der Waals surface area contributed by atoms with E-state index in [1.54, 1.807) is 18.0 Å². The topological polar surface area (TPSA) is 69.0 Å². The molecule has 1 unspecified atom stereocenters. The van der Waals surface area contributed by atoms with Gasteiger partial charge in [0.25, 0.3) is 5.91 Å². The van der Waals surface area contributed by atoms with Crippen LogP contribution in [-0.4, -0.2) is 35.4 Å². The van der Waals surface area contributed by atoms with Crippen LogP contribution in [0.1, 0.15) is 56.1 Å². The molecule has 1 N–H and O–H groups in total. The maximum atomic E-state index is 12.6. The monoisotopic (exact) mass is 288 g/mol. The van der Waals surface area contributed by atoms with Gasteiger partial charge in [-0.3, -0.25) is 4.79 Å². The lowest BCUT2D eigenvalue weighted by Gasteiger charge is -2.23. The van der Waals surface area contributed by atoms with Gasteiger partial charge >= 0.3 is 0 Å². The molecule has 5 nitrogen and oxygen atoms in total. The van der Waals surface area contributed by atoms with Crippen LogP contribution < -0.4 is 5.32 Å². The van der Waals surface area contributed by atoms with Crippen molar-refractivity contribution in [3.8, 4) is 6.07 Å². The first kappa shape index (κ1) is 17.0. The lowest BCUT2D eigenvalue weighted by molar-refractivity contribution is 0.0746. The van der Waals surface area contributed by atoms with E-state index in [1.165, 1.54) is 0 Å². The molecule has 1 amide bonds. The summed E-state index contributed by atoms with van der Waals surface area (Å²) in [6.45, 7) is 8.72. The second-order valence-corrected chi connectivity index (χ2v) is 5.48. The van der Waals surface area contributed by atoms with Crippen LogP contribution in [0.2, 0.25) is 0 Å². The third-order valence-corrected chi connectivity index (χ3v) is 3.41. The molecular formula is C16H24N4O. The normalized spacial score (nSPS) is 11.9. The summed E-state index contributed by atoms with van der Waals surface area (Å²) in [6, 6.07) is 5.59. The maximum absolute atomic E-state index is 12.6. The Morgan fingerprint density at radius 2 is 2.10 bits per heavy atom. The third-order valence-electron chi connectivity index (χ3n) is 3.41. The SMILES string of the molecule is CCNc1cc(C(=O)N(C)C(C)CC#N)cc(C(C)C)n1. The number of carbonyl (C=O) groups is 1. The minimum Gasteiger partial charge on any atom is -0.370 e. The molecule has 114 valence electrons. The van der Waals surface area contributed by atoms with Crippen LogP contribution in [0.3, 0.4) is 0 Å². The number of hydrogen-bond acceptors (Lipinski definition) is 4. The van der Waals surface area contributed by atoms with E-state index in [4.69, 9.17) is 5.26 Å². The molecule has 1 aromatic heterocycles. The molecule has 0 radical (unpaired) electrons. The average molecular weight is 288 g/mol. The van der Waals surface area contributed by atoms with Crippen molar-refractivity contribution in [3.63, 3.8) is 0 Å². The average Bonchev–Trinajstić information content (AvgIpc) is 2.45. The smallest absolute Gasteiger partial charge is 0.254 e. The van der Waals surface area contributed by atoms with Crippen molar-refractivity contribution in [3.05, 3.63) is 23.4 Å². The zero-order valence-corrected chi connectivity index (χ0v) is 13.5. The van der Waals surface area contributed by atoms with Crippen molar-refractivity contribution < 1.29 is 4.79 Å². The van der Waals surface area contributed by atoms with Gasteiger partial charge in [0.05, 0.1) is 12.5 Å². The molecule has 0 saturated heterocycles. The number of nitriles is 1. The van der Waals surface area contributed by atoms with Crippen LogP contribution >= 0.6 is 0 Å². The van der Waals surface area contributed by atoms with Crippen molar-refractivity contribution in [2.75, 3.05) is 18.9 Å². The number of carbonyl (C=O) groups excluding carboxylic acids is 1. The number of hydrogen-bond donors (Lipinski definition) is 1. The summed E-state index contributed by atoms with van der Waals surface area (Å²) in [5.41, 5.74) is 1.50. The number of anilines is 1. The largest absolute Gasteiger partial charge is 0.370 e. The molecule has 0 aliphatic rings. The Bertz CT molecular complexity index is 534. The molecular weight excluding hydrogens is 264 g/mol. The van der Waals surface area contributed by atoms with E-state index in [-0.39, 0.29) is 17.9 Å². The standard InChI is InChI=1S/C16H24N4O/c1-6-18-15-10-13(9-14(19-15)11(2)3)16(21)20(5)12(4)7-8-17/h9-12H,6-7H2,1-5H3,(H,18,19). The highest BCUT2D eigenvalue weighted by molar-refractivity contribution is 5.95. The fourth-order valence-electron chi connectivity index (χ4n) is 1.92. The van der Waals surface area contributed by atoms with Gasteiger partial charge in [-0.05, 0) is 31.9 Å². The van der Waals surface area contributed by atoms with E-state index in [0.29, 0.717) is 17.8 Å². The summed E-state index contributed by atoms with van der Waals surface area (Å²) in [7, 11) is 1.73. The molecule has 0 fully saturated rings. The Labute approximate surface area is 127 Å². The molecule has 1 rings (SSSR count). The zero-order chi connectivity index (χ0) is 16.0. The molecule has 0 bridgehead atoms. The Balaban J connectivity index is 3.10. The zero-order valence-electron chi connectivity index (χ0n) is 13.5. The van der Waals surface area contributed by atoms with E-state index < -0.39 is 0 Å². The number of aromatic nitrogens is 1. The van der Waals surface area contributed by atoms with Crippen molar-refractivity contribution >= 4 is 11.7 Å². The van der Waals surface area contributed by atoms with E-state index in [0.717, 1.165) is 12.2 Å². The van der Waals surface area contributed by atoms with E-state index in [9.17, 15) is 4.79 Å². The van der Waals surface area contributed by atoms with E-state index >= 15 is 0 Å². The highest BCUT2D eigenvalue weighted by Crippen LogP contribution is 2.19. The van der Waals surface area contributed by atoms with Crippen LogP contribution in [0.4, 0.5) is 5.82 Å². The summed E-state index contributed by atoms with van der Waals surface area (Å²) in [4.78, 5) is 18.7. The van der Waals surface area contributed by atoms with Gasteiger partial charge in [0.15, 0.2) is 0 Å². The maximum Gasteiger partial charge on any atom is 0.254 e. The minimum absolute atomic E-state index is 0.0822. The van der Waals surface area contributed by atoms with Gasteiger partial charge in [-0.2, -0.15) is 5.26 Å². The van der Waals surface area contributed by atoms with Gasteiger partial charge < -0.3 is 10.2 Å². The number of nitrogens with zero attached hydrogens (tertiary/aromatic N) is 3. The van der Waals surface area contributed by atoms with Gasteiger partial charge in [-0.25, -0.2) is 4.98 Å². The third kappa shape index (κ3) is 4.45. The van der Waals surface area contributed by atoms with Crippen molar-refractivity contribution in [2.24, 2.45) is 0 Å². The molecule has 1 atom stereocenters. The first-order chi connectivity index (χ1) is 9.90. The minimum atomic E-state index is -0.110. The van der Waals surface area contributed by atoms with E-state index in [2.05, 4.69) is 16.4 Å². The van der Waals surface area contributed by atoms with Crippen molar-refractivity contribution in [1.82, 2.24) is 9.88 Å². The molecule has 0 aliphatic heterocycles. The molecule has 1 heterocycles. The first-order valence-corrected chi connectivity index (χ1v) is 7.30. The van der Waals surface area contributed by atoms with Crippen LogP contribution in [0.5, 0.6) is 0 Å². The first-order valence-electron chi connectivity index (χ1n) is 7.30. The summed E-state index contributed by atoms with van der Waals surface area (Å²) in [5.74, 6) is 0.881. The predicted molar refractivity (Wildman–Crippen MR) is 84.3 cm³/mol. The van der Waals surface area contributed by atoms with E-state index in [1.807, 2.05) is 33.8 Å². The van der Waals surface area contributed by atoms with Crippen molar-refractivity contribution in [1.29, 1.82) is 5.26 Å². The van der Waals surface area contributed by atoms with Crippen LogP contribution in [0.15, 0.2) is 12.1 Å². The lowest BCUT2D eigenvalue weighted by Crippen LogP contribution is -2.35. The van der Waals surface area contributed by atoms with Crippen LogP contribution in [0.25, 0.3) is 0 Å². The molecule has 0 aliphatic carbocycles. The summed E-state index contributed by atoms with van der Waals surface area (Å²) < 4.78 is 0. The Morgan fingerprint density at radius 3 is 2.62 bits per heavy atom. The Kier molecular flexibility index (Phi) is 6.16. The highest BCUT2D eigenvalue weighted by Gasteiger charge is 2.19. The summed E-state index contributed by atoms with van der Waals surface area (Å²) in [6.07, 6.45) is 0.324. The summed E-state index contributed by atoms with van der Waals surface area (Å²) >= 11 is 0. The predicted octanol–water partition coefficient (Wildman–Crippen LogP) is 3.01. The summed E-state index contributed by atoms with van der Waals surface area (Å²) in [5, 5.41) is 11.9. The number of rotatable bonds is 6. The molecule has 1 aromatic rings. The second kappa shape index (κ2) is 7.63. The number of nitrogens with one attached hydrogen (secondary N) is 1. The fourth-order valence-corrected chi connectivity index (χ4v) is 1.92. The molecule has 0 aromatic carbocycles. The molecule has 5 heteroatoms. The van der Waals surface area contributed by atoms with Gasteiger partial charge in [0.2, 0.25) is 0 Å². The van der Waals surface area contributed by atoms with Gasteiger partial charge in [-0.15, -0.1) is 0 Å². The highest BCUT2D eigenvalue weighted by atomic mass is 16.2. The Morgan fingerprint density at radius 1 is 1.43 bits per heavy atom. The quantitative estimate of drug-likeness (QED) is 0.873. The molecule has 0 saturated carbocycles. The van der Waals surface area contributed by atoms with Gasteiger partial charge in [-0.1, -0.05) is 13.8 Å². The number of amides is 1. The number of pyridine rings is 1.